The monoisotopic (exact) mass is 313 g/mol. The molecule has 0 spiro atoms. The summed E-state index contributed by atoms with van der Waals surface area (Å²) in [6, 6.07) is 10.6. The maximum atomic E-state index is 13.4. The van der Waals surface area contributed by atoms with Crippen LogP contribution in [0.2, 0.25) is 0 Å². The maximum absolute atomic E-state index is 13.4. The largest absolute Gasteiger partial charge is 0.573 e. The van der Waals surface area contributed by atoms with E-state index < -0.39 is 23.8 Å². The van der Waals surface area contributed by atoms with E-state index in [1.807, 2.05) is 0 Å². The lowest BCUT2D eigenvalue weighted by molar-refractivity contribution is -0.274. The minimum atomic E-state index is -4.81. The summed E-state index contributed by atoms with van der Waals surface area (Å²) < 4.78 is 53.5. The van der Waals surface area contributed by atoms with Gasteiger partial charge in [0.25, 0.3) is 0 Å². The molecule has 0 radical (unpaired) electrons. The van der Waals surface area contributed by atoms with Gasteiger partial charge >= 0.3 is 6.36 Å². The highest BCUT2D eigenvalue weighted by Gasteiger charge is 2.31. The van der Waals surface area contributed by atoms with E-state index in [1.165, 1.54) is 30.3 Å². The van der Waals surface area contributed by atoms with E-state index in [4.69, 9.17) is 0 Å². The first kappa shape index (κ1) is 15.8. The van der Waals surface area contributed by atoms with Gasteiger partial charge in [0.15, 0.2) is 0 Å². The third-order valence-electron chi connectivity index (χ3n) is 2.66. The molecule has 0 fully saturated rings. The SMILES string of the molecule is O=C(Cc1ccccc1F)Nc1cccc(OC(F)(F)F)c1. The van der Waals surface area contributed by atoms with Gasteiger partial charge in [0.1, 0.15) is 11.6 Å². The number of anilines is 1. The van der Waals surface area contributed by atoms with Crippen molar-refractivity contribution in [3.8, 4) is 5.75 Å². The standard InChI is InChI=1S/C15H11F4NO2/c16-13-7-2-1-4-10(13)8-14(21)20-11-5-3-6-12(9-11)22-15(17,18)19/h1-7,9H,8H2,(H,20,21). The van der Waals surface area contributed by atoms with Crippen LogP contribution in [-0.4, -0.2) is 12.3 Å². The van der Waals surface area contributed by atoms with Crippen molar-refractivity contribution in [2.24, 2.45) is 0 Å². The van der Waals surface area contributed by atoms with Crippen LogP contribution in [0.1, 0.15) is 5.56 Å². The molecule has 2 rings (SSSR count). The van der Waals surface area contributed by atoms with Gasteiger partial charge in [-0.25, -0.2) is 4.39 Å². The Kier molecular flexibility index (Phi) is 4.65. The Morgan fingerprint density at radius 3 is 2.50 bits per heavy atom. The van der Waals surface area contributed by atoms with Crippen molar-refractivity contribution in [3.63, 3.8) is 0 Å². The molecule has 0 bridgehead atoms. The summed E-state index contributed by atoms with van der Waals surface area (Å²) in [5.41, 5.74) is 0.325. The van der Waals surface area contributed by atoms with Crippen molar-refractivity contribution in [1.29, 1.82) is 0 Å². The van der Waals surface area contributed by atoms with Crippen molar-refractivity contribution in [3.05, 3.63) is 59.9 Å². The number of rotatable bonds is 4. The number of hydrogen-bond acceptors (Lipinski definition) is 2. The van der Waals surface area contributed by atoms with Gasteiger partial charge in [0.2, 0.25) is 5.91 Å². The lowest BCUT2D eigenvalue weighted by Crippen LogP contribution is -2.18. The summed E-state index contributed by atoms with van der Waals surface area (Å²) in [6.07, 6.45) is -5.03. The van der Waals surface area contributed by atoms with E-state index in [1.54, 1.807) is 6.07 Å². The quantitative estimate of drug-likeness (QED) is 0.869. The van der Waals surface area contributed by atoms with Gasteiger partial charge in [0.05, 0.1) is 6.42 Å². The highest BCUT2D eigenvalue weighted by Crippen LogP contribution is 2.25. The van der Waals surface area contributed by atoms with Crippen LogP contribution in [0.4, 0.5) is 23.2 Å². The first-order valence-electron chi connectivity index (χ1n) is 6.22. The number of ether oxygens (including phenoxy) is 1. The maximum Gasteiger partial charge on any atom is 0.573 e. The van der Waals surface area contributed by atoms with Gasteiger partial charge in [-0.2, -0.15) is 0 Å². The second-order valence-electron chi connectivity index (χ2n) is 4.39. The molecule has 7 heteroatoms. The molecule has 1 amide bonds. The van der Waals surface area contributed by atoms with Gasteiger partial charge < -0.3 is 10.1 Å². The van der Waals surface area contributed by atoms with Gasteiger partial charge in [0, 0.05) is 11.8 Å². The minimum absolute atomic E-state index is 0.128. The molecule has 0 atom stereocenters. The number of nitrogens with one attached hydrogen (secondary N) is 1. The number of hydrogen-bond donors (Lipinski definition) is 1. The topological polar surface area (TPSA) is 38.3 Å². The molecule has 0 aromatic heterocycles. The highest BCUT2D eigenvalue weighted by molar-refractivity contribution is 5.92. The first-order valence-corrected chi connectivity index (χ1v) is 6.22. The van der Waals surface area contributed by atoms with Gasteiger partial charge in [-0.15, -0.1) is 13.2 Å². The van der Waals surface area contributed by atoms with Crippen molar-refractivity contribution in [2.75, 3.05) is 5.32 Å². The molecule has 0 saturated heterocycles. The molecular formula is C15H11F4NO2. The molecule has 116 valence electrons. The Labute approximate surface area is 123 Å². The third-order valence-corrected chi connectivity index (χ3v) is 2.66. The Morgan fingerprint density at radius 1 is 1.09 bits per heavy atom. The summed E-state index contributed by atoms with van der Waals surface area (Å²) in [5, 5.41) is 2.39. The number of carbonyl (C=O) groups excluding carboxylic acids is 1. The molecule has 0 aliphatic carbocycles. The summed E-state index contributed by atoms with van der Waals surface area (Å²) in [4.78, 5) is 11.8. The molecule has 0 heterocycles. The Morgan fingerprint density at radius 2 is 1.82 bits per heavy atom. The van der Waals surface area contributed by atoms with Crippen LogP contribution in [0.25, 0.3) is 0 Å². The van der Waals surface area contributed by atoms with E-state index in [0.717, 1.165) is 12.1 Å². The Balaban J connectivity index is 2.03. The Hall–Kier alpha value is -2.57. The average molecular weight is 313 g/mol. The van der Waals surface area contributed by atoms with Crippen molar-refractivity contribution >= 4 is 11.6 Å². The van der Waals surface area contributed by atoms with Crippen LogP contribution in [-0.2, 0) is 11.2 Å². The molecule has 2 aromatic carbocycles. The molecule has 0 aliphatic rings. The Bertz CT molecular complexity index is 671. The molecule has 3 nitrogen and oxygen atoms in total. The molecule has 0 unspecified atom stereocenters. The van der Waals surface area contributed by atoms with E-state index >= 15 is 0 Å². The first-order chi connectivity index (χ1) is 10.3. The van der Waals surface area contributed by atoms with Crippen molar-refractivity contribution < 1.29 is 27.1 Å². The molecule has 22 heavy (non-hydrogen) atoms. The van der Waals surface area contributed by atoms with Crippen LogP contribution in [0.15, 0.2) is 48.5 Å². The normalized spacial score (nSPS) is 11.1. The predicted molar refractivity (Wildman–Crippen MR) is 71.9 cm³/mol. The van der Waals surface area contributed by atoms with Crippen LogP contribution >= 0.6 is 0 Å². The molecule has 0 saturated carbocycles. The van der Waals surface area contributed by atoms with E-state index in [2.05, 4.69) is 10.1 Å². The zero-order chi connectivity index (χ0) is 16.2. The minimum Gasteiger partial charge on any atom is -0.406 e. The predicted octanol–water partition coefficient (Wildman–Crippen LogP) is 3.91. The lowest BCUT2D eigenvalue weighted by Gasteiger charge is -2.11. The number of halogens is 4. The summed E-state index contributed by atoms with van der Waals surface area (Å²) >= 11 is 0. The van der Waals surface area contributed by atoms with Crippen molar-refractivity contribution in [1.82, 2.24) is 0 Å². The van der Waals surface area contributed by atoms with Gasteiger partial charge in [-0.3, -0.25) is 4.79 Å². The molecule has 0 aliphatic heterocycles. The van der Waals surface area contributed by atoms with Gasteiger partial charge in [-0.05, 0) is 23.8 Å². The lowest BCUT2D eigenvalue weighted by atomic mass is 10.1. The van der Waals surface area contributed by atoms with Crippen LogP contribution in [0.3, 0.4) is 0 Å². The smallest absolute Gasteiger partial charge is 0.406 e. The zero-order valence-electron chi connectivity index (χ0n) is 11.2. The van der Waals surface area contributed by atoms with E-state index in [0.29, 0.717) is 0 Å². The summed E-state index contributed by atoms with van der Waals surface area (Å²) in [5.74, 6) is -1.52. The molecule has 2 aromatic rings. The number of benzene rings is 2. The zero-order valence-corrected chi connectivity index (χ0v) is 11.2. The number of carbonyl (C=O) groups is 1. The molecular weight excluding hydrogens is 302 g/mol. The number of amides is 1. The third kappa shape index (κ3) is 4.76. The van der Waals surface area contributed by atoms with Crippen LogP contribution in [0, 0.1) is 5.82 Å². The second-order valence-corrected chi connectivity index (χ2v) is 4.39. The van der Waals surface area contributed by atoms with Crippen LogP contribution < -0.4 is 10.1 Å². The van der Waals surface area contributed by atoms with Gasteiger partial charge in [-0.1, -0.05) is 24.3 Å². The van der Waals surface area contributed by atoms with Crippen molar-refractivity contribution in [2.45, 2.75) is 12.8 Å². The average Bonchev–Trinajstić information content (AvgIpc) is 2.40. The highest BCUT2D eigenvalue weighted by atomic mass is 19.4. The van der Waals surface area contributed by atoms with E-state index in [9.17, 15) is 22.4 Å². The summed E-state index contributed by atoms with van der Waals surface area (Å²) in [7, 11) is 0. The second kappa shape index (κ2) is 6.46. The molecule has 1 N–H and O–H groups in total. The summed E-state index contributed by atoms with van der Waals surface area (Å²) in [6.45, 7) is 0. The fraction of sp³-hybridized carbons (Fsp3) is 0.133. The fourth-order valence-corrected chi connectivity index (χ4v) is 1.79. The van der Waals surface area contributed by atoms with Crippen LogP contribution in [0.5, 0.6) is 5.75 Å². The fourth-order valence-electron chi connectivity index (χ4n) is 1.79. The van der Waals surface area contributed by atoms with E-state index in [-0.39, 0.29) is 17.7 Å². The number of alkyl halides is 3.